The average molecular weight is 302 g/mol. The van der Waals surface area contributed by atoms with Gasteiger partial charge in [0, 0.05) is 0 Å². The summed E-state index contributed by atoms with van der Waals surface area (Å²) in [5.41, 5.74) is 1.31. The van der Waals surface area contributed by atoms with Gasteiger partial charge in [0.15, 0.2) is 6.04 Å². The molecule has 0 aliphatic heterocycles. The number of nitrogens with one attached hydrogen (secondary N) is 2. The second kappa shape index (κ2) is 5.87. The van der Waals surface area contributed by atoms with Gasteiger partial charge in [-0.15, -0.1) is 10.2 Å². The van der Waals surface area contributed by atoms with E-state index in [1.807, 2.05) is 5.32 Å². The summed E-state index contributed by atoms with van der Waals surface area (Å²) < 4.78 is 38.9. The number of aromatic nitrogens is 2. The third kappa shape index (κ3) is 3.67. The third-order valence-electron chi connectivity index (χ3n) is 2.32. The molecule has 1 aromatic heterocycles. The molecule has 0 bridgehead atoms. The highest BCUT2D eigenvalue weighted by Crippen LogP contribution is 2.32. The fourth-order valence-corrected chi connectivity index (χ4v) is 1.93. The van der Waals surface area contributed by atoms with Crippen LogP contribution in [0.5, 0.6) is 0 Å². The van der Waals surface area contributed by atoms with Gasteiger partial charge >= 0.3 is 12.2 Å². The number of carbonyl (C=O) groups excluding carboxylic acids is 1. The highest BCUT2D eigenvalue weighted by molar-refractivity contribution is 7.13. The molecule has 5 nitrogen and oxygen atoms in total. The fraction of sp³-hybridized carbons (Fsp3) is 0.182. The number of urea groups is 1. The summed E-state index contributed by atoms with van der Waals surface area (Å²) in [6.45, 7) is 0. The van der Waals surface area contributed by atoms with E-state index >= 15 is 0 Å². The zero-order valence-corrected chi connectivity index (χ0v) is 10.7. The zero-order valence-electron chi connectivity index (χ0n) is 9.89. The summed E-state index contributed by atoms with van der Waals surface area (Å²) in [6.07, 6.45) is -4.60. The first-order valence-corrected chi connectivity index (χ1v) is 6.30. The van der Waals surface area contributed by atoms with E-state index in [1.54, 1.807) is 6.07 Å². The SMILES string of the molecule is O=C(Nc1nncs1)N[C@@H](c1ccccc1)C(F)(F)F. The summed E-state index contributed by atoms with van der Waals surface area (Å²) in [6, 6.07) is 4.05. The second-order valence-electron chi connectivity index (χ2n) is 3.73. The van der Waals surface area contributed by atoms with Crippen molar-refractivity contribution in [2.24, 2.45) is 0 Å². The number of amides is 2. The van der Waals surface area contributed by atoms with E-state index in [0.717, 1.165) is 11.3 Å². The first-order valence-electron chi connectivity index (χ1n) is 5.42. The molecule has 0 spiro atoms. The van der Waals surface area contributed by atoms with Gasteiger partial charge in [-0.2, -0.15) is 13.2 Å². The third-order valence-corrected chi connectivity index (χ3v) is 2.92. The topological polar surface area (TPSA) is 66.9 Å². The minimum atomic E-state index is -4.60. The van der Waals surface area contributed by atoms with Crippen molar-refractivity contribution in [2.75, 3.05) is 5.32 Å². The number of benzene rings is 1. The molecule has 106 valence electrons. The maximum absolute atomic E-state index is 13.0. The Morgan fingerprint density at radius 2 is 1.95 bits per heavy atom. The van der Waals surface area contributed by atoms with Crippen molar-refractivity contribution in [2.45, 2.75) is 12.2 Å². The smallest absolute Gasteiger partial charge is 0.322 e. The molecular formula is C11H9F3N4OS. The van der Waals surface area contributed by atoms with Gasteiger partial charge in [-0.3, -0.25) is 5.32 Å². The Balaban J connectivity index is 2.11. The molecule has 20 heavy (non-hydrogen) atoms. The zero-order chi connectivity index (χ0) is 14.6. The number of rotatable bonds is 3. The molecule has 2 rings (SSSR count). The largest absolute Gasteiger partial charge is 0.412 e. The van der Waals surface area contributed by atoms with Crippen LogP contribution in [-0.4, -0.2) is 22.4 Å². The van der Waals surface area contributed by atoms with Crippen molar-refractivity contribution >= 4 is 22.5 Å². The lowest BCUT2D eigenvalue weighted by molar-refractivity contribution is -0.154. The van der Waals surface area contributed by atoms with Gasteiger partial charge in [-0.05, 0) is 5.56 Å². The molecule has 1 heterocycles. The van der Waals surface area contributed by atoms with Crippen molar-refractivity contribution in [3.05, 3.63) is 41.4 Å². The lowest BCUT2D eigenvalue weighted by Crippen LogP contribution is -2.40. The van der Waals surface area contributed by atoms with Crippen molar-refractivity contribution in [3.8, 4) is 0 Å². The Labute approximate surface area is 115 Å². The Bertz CT molecular complexity index is 559. The number of alkyl halides is 3. The van der Waals surface area contributed by atoms with E-state index in [0.29, 0.717) is 0 Å². The number of nitrogens with zero attached hydrogens (tertiary/aromatic N) is 2. The van der Waals surface area contributed by atoms with E-state index in [1.165, 1.54) is 29.8 Å². The van der Waals surface area contributed by atoms with Crippen molar-refractivity contribution in [3.63, 3.8) is 0 Å². The monoisotopic (exact) mass is 302 g/mol. The quantitative estimate of drug-likeness (QED) is 0.916. The minimum absolute atomic E-state index is 0.0487. The summed E-state index contributed by atoms with van der Waals surface area (Å²) in [7, 11) is 0. The normalized spacial score (nSPS) is 12.8. The molecule has 0 saturated carbocycles. The maximum Gasteiger partial charge on any atom is 0.412 e. The molecular weight excluding hydrogens is 293 g/mol. The standard InChI is InChI=1S/C11H9F3N4OS/c12-11(13,14)8(7-4-2-1-3-5-7)16-9(19)17-10-18-15-6-20-10/h1-6,8H,(H2,16,17,18,19)/t8-/m0/s1. The predicted molar refractivity (Wildman–Crippen MR) is 67.3 cm³/mol. The van der Waals surface area contributed by atoms with Gasteiger partial charge in [-0.25, -0.2) is 4.79 Å². The first kappa shape index (κ1) is 14.3. The Morgan fingerprint density at radius 1 is 1.25 bits per heavy atom. The molecule has 9 heteroatoms. The Hall–Kier alpha value is -2.16. The van der Waals surface area contributed by atoms with Crippen LogP contribution in [0.1, 0.15) is 11.6 Å². The van der Waals surface area contributed by atoms with Crippen LogP contribution >= 0.6 is 11.3 Å². The number of halogens is 3. The highest BCUT2D eigenvalue weighted by Gasteiger charge is 2.41. The van der Waals surface area contributed by atoms with Crippen LogP contribution in [0, 0.1) is 0 Å². The van der Waals surface area contributed by atoms with Crippen molar-refractivity contribution in [1.29, 1.82) is 0 Å². The molecule has 0 saturated heterocycles. The van der Waals surface area contributed by atoms with Gasteiger partial charge in [0.2, 0.25) is 5.13 Å². The molecule has 0 radical (unpaired) electrons. The Kier molecular flexibility index (Phi) is 4.18. The van der Waals surface area contributed by atoms with Crippen molar-refractivity contribution < 1.29 is 18.0 Å². The van der Waals surface area contributed by atoms with E-state index in [2.05, 4.69) is 15.5 Å². The van der Waals surface area contributed by atoms with Crippen LogP contribution in [0.4, 0.5) is 23.1 Å². The van der Waals surface area contributed by atoms with E-state index in [-0.39, 0.29) is 10.7 Å². The molecule has 0 aliphatic rings. The van der Waals surface area contributed by atoms with Crippen LogP contribution < -0.4 is 10.6 Å². The van der Waals surface area contributed by atoms with Gasteiger partial charge in [-0.1, -0.05) is 41.7 Å². The first-order chi connectivity index (χ1) is 9.47. The van der Waals surface area contributed by atoms with Gasteiger partial charge in [0.1, 0.15) is 5.51 Å². The van der Waals surface area contributed by atoms with Gasteiger partial charge < -0.3 is 5.32 Å². The van der Waals surface area contributed by atoms with Crippen LogP contribution in [0.15, 0.2) is 35.8 Å². The molecule has 0 fully saturated rings. The van der Waals surface area contributed by atoms with Gasteiger partial charge in [0.25, 0.3) is 0 Å². The fourth-order valence-electron chi connectivity index (χ4n) is 1.49. The van der Waals surface area contributed by atoms with Crippen molar-refractivity contribution in [1.82, 2.24) is 15.5 Å². The number of hydrogen-bond acceptors (Lipinski definition) is 4. The average Bonchev–Trinajstić information content (AvgIpc) is 2.88. The lowest BCUT2D eigenvalue weighted by Gasteiger charge is -2.21. The highest BCUT2D eigenvalue weighted by atomic mass is 32.1. The number of hydrogen-bond donors (Lipinski definition) is 2. The summed E-state index contributed by atoms with van der Waals surface area (Å²) >= 11 is 1.01. The molecule has 2 aromatic rings. The Morgan fingerprint density at radius 3 is 2.50 bits per heavy atom. The summed E-state index contributed by atoms with van der Waals surface area (Å²) in [5, 5.41) is 11.2. The molecule has 2 N–H and O–H groups in total. The number of anilines is 1. The second-order valence-corrected chi connectivity index (χ2v) is 4.56. The molecule has 1 atom stereocenters. The maximum atomic E-state index is 13.0. The van der Waals surface area contributed by atoms with E-state index in [4.69, 9.17) is 0 Å². The minimum Gasteiger partial charge on any atom is -0.322 e. The molecule has 0 unspecified atom stereocenters. The van der Waals surface area contributed by atoms with Gasteiger partial charge in [0.05, 0.1) is 0 Å². The van der Waals surface area contributed by atoms with Crippen LogP contribution in [0.3, 0.4) is 0 Å². The summed E-state index contributed by atoms with van der Waals surface area (Å²) in [4.78, 5) is 11.6. The van der Waals surface area contributed by atoms with E-state index in [9.17, 15) is 18.0 Å². The van der Waals surface area contributed by atoms with Crippen LogP contribution in [-0.2, 0) is 0 Å². The number of carbonyl (C=O) groups is 1. The van der Waals surface area contributed by atoms with E-state index < -0.39 is 18.2 Å². The predicted octanol–water partition coefficient (Wildman–Crippen LogP) is 2.96. The van der Waals surface area contributed by atoms with Crippen LogP contribution in [0.25, 0.3) is 0 Å². The lowest BCUT2D eigenvalue weighted by atomic mass is 10.1. The van der Waals surface area contributed by atoms with Crippen LogP contribution in [0.2, 0.25) is 0 Å². The molecule has 2 amide bonds. The summed E-state index contributed by atoms with van der Waals surface area (Å²) in [5.74, 6) is 0. The molecule has 1 aromatic carbocycles. The molecule has 0 aliphatic carbocycles.